The Morgan fingerprint density at radius 2 is 1.29 bits per heavy atom. The van der Waals surface area contributed by atoms with Gasteiger partial charge in [0.25, 0.3) is 0 Å². The second kappa shape index (κ2) is 24.8. The summed E-state index contributed by atoms with van der Waals surface area (Å²) in [5.41, 5.74) is 14.1. The number of hydrogen-bond donors (Lipinski definition) is 7. The number of carboxylic acid groups (broad SMARTS) is 2. The Hall–Kier alpha value is -8.62. The van der Waals surface area contributed by atoms with E-state index in [-0.39, 0.29) is 64.6 Å². The lowest BCUT2D eigenvalue weighted by atomic mass is 9.90. The average molecular weight is 1090 g/mol. The third-order valence-electron chi connectivity index (χ3n) is 14.1. The minimum absolute atomic E-state index is 0.0778. The molecule has 2 amide bonds. The quantitative estimate of drug-likeness (QED) is 0.0357. The Bertz CT molecular complexity index is 3330. The van der Waals surface area contributed by atoms with Crippen molar-refractivity contribution < 1.29 is 44.0 Å². The number of anilines is 4. The van der Waals surface area contributed by atoms with Gasteiger partial charge in [-0.3, -0.25) is 19.2 Å². The predicted octanol–water partition coefficient (Wildman–Crippen LogP) is 3.06. The summed E-state index contributed by atoms with van der Waals surface area (Å²) in [5, 5.41) is 60.9. The molecule has 5 aromatic rings. The van der Waals surface area contributed by atoms with E-state index in [4.69, 9.17) is 30.8 Å². The number of carboxylic acids is 2. The second-order valence-electron chi connectivity index (χ2n) is 19.8. The Morgan fingerprint density at radius 3 is 1.86 bits per heavy atom. The molecule has 4 aliphatic rings. The second-order valence-corrected chi connectivity index (χ2v) is 19.8. The van der Waals surface area contributed by atoms with E-state index < -0.39 is 30.1 Å². The number of nitrogens with one attached hydrogen (secondary N) is 1. The van der Waals surface area contributed by atoms with Crippen LogP contribution in [0.2, 0.25) is 0 Å². The normalized spacial score (nSPS) is 15.1. The summed E-state index contributed by atoms with van der Waals surface area (Å²) < 4.78 is 9.10. The smallest absolute Gasteiger partial charge is 0.336 e. The van der Waals surface area contributed by atoms with Crippen LogP contribution in [0.1, 0.15) is 85.7 Å². The number of aliphatic hydroxyl groups excluding tert-OH is 1. The molecular weight excluding hydrogens is 1020 g/mol. The molecule has 1 aliphatic carbocycles. The molecule has 0 bridgehead atoms. The van der Waals surface area contributed by atoms with Crippen LogP contribution in [0.25, 0.3) is 33.4 Å². The largest absolute Gasteiger partial charge is 0.508 e. The van der Waals surface area contributed by atoms with E-state index in [1.54, 1.807) is 58.1 Å². The number of carbonyl (C=O) groups is 4. The van der Waals surface area contributed by atoms with E-state index in [1.165, 1.54) is 35.0 Å². The number of amides is 2. The van der Waals surface area contributed by atoms with E-state index in [0.29, 0.717) is 149 Å². The number of phenolic OH excluding ortho intramolecular Hbond substituents is 1. The molecule has 2 saturated heterocycles. The molecule has 1 unspecified atom stereocenters. The van der Waals surface area contributed by atoms with Gasteiger partial charge in [0.05, 0.1) is 29.5 Å². The van der Waals surface area contributed by atoms with E-state index in [1.807, 2.05) is 9.80 Å². The first-order valence-corrected chi connectivity index (χ1v) is 26.5. The topological polar surface area (TPSA) is 357 Å². The average Bonchev–Trinajstić information content (AvgIpc) is 4.28. The molecule has 0 radical (unpaired) electrons. The lowest BCUT2D eigenvalue weighted by molar-refractivity contribution is -0.137. The van der Waals surface area contributed by atoms with Crippen LogP contribution in [0.15, 0.2) is 76.2 Å². The maximum Gasteiger partial charge on any atom is 0.336 e. The monoisotopic (exact) mass is 1080 g/mol. The Morgan fingerprint density at radius 1 is 0.709 bits per heavy atom. The zero-order chi connectivity index (χ0) is 55.7. The highest BCUT2D eigenvalue weighted by molar-refractivity contribution is 6.08. The van der Waals surface area contributed by atoms with Crippen LogP contribution in [0.4, 0.5) is 23.5 Å². The Labute approximate surface area is 453 Å². The number of phenols is 1. The van der Waals surface area contributed by atoms with Crippen LogP contribution in [0, 0.1) is 0 Å². The number of rotatable bonds is 23. The fraction of sp³-hybridized carbons (Fsp3) is 0.434. The van der Waals surface area contributed by atoms with E-state index in [0.717, 1.165) is 6.42 Å². The summed E-state index contributed by atoms with van der Waals surface area (Å²) in [6.07, 6.45) is 6.77. The van der Waals surface area contributed by atoms with Crippen molar-refractivity contribution in [3.8, 4) is 28.2 Å². The summed E-state index contributed by atoms with van der Waals surface area (Å²) >= 11 is 0. The number of aryl methyl sites for hydroxylation is 1. The van der Waals surface area contributed by atoms with Crippen molar-refractivity contribution in [2.75, 3.05) is 80.6 Å². The number of unbranched alkanes of at least 4 members (excludes halogenated alkanes) is 2. The maximum atomic E-state index is 14.3. The number of carbonyl (C=O) groups excluding carboxylic acids is 2. The molecule has 0 saturated carbocycles. The van der Waals surface area contributed by atoms with Crippen LogP contribution in [-0.2, 0) is 27.2 Å². The van der Waals surface area contributed by atoms with Gasteiger partial charge in [0, 0.05) is 112 Å². The van der Waals surface area contributed by atoms with Gasteiger partial charge in [-0.15, -0.1) is 10.2 Å². The molecule has 2 aromatic carbocycles. The number of fused-ring (bicyclic) bond motifs is 2. The number of aromatic hydroxyl groups is 1. The van der Waals surface area contributed by atoms with Gasteiger partial charge in [0.2, 0.25) is 29.7 Å². The number of aromatic carboxylic acids is 1. The summed E-state index contributed by atoms with van der Waals surface area (Å²) in [5.74, 6) is -1.69. The molecule has 3 aliphatic heterocycles. The third-order valence-corrected chi connectivity index (χ3v) is 14.1. The fourth-order valence-electron chi connectivity index (χ4n) is 10.0. The fourth-order valence-corrected chi connectivity index (χ4v) is 10.0. The number of nitrogens with zero attached hydrogens (tertiary/aromatic N) is 13. The van der Waals surface area contributed by atoms with Crippen molar-refractivity contribution in [1.82, 2.24) is 54.7 Å². The zero-order valence-electron chi connectivity index (χ0n) is 43.7. The molecule has 26 nitrogen and oxygen atoms in total. The highest BCUT2D eigenvalue weighted by Gasteiger charge is 2.34. The van der Waals surface area contributed by atoms with Gasteiger partial charge in [0.1, 0.15) is 29.2 Å². The first kappa shape index (κ1) is 55.1. The molecule has 3 aromatic heterocycles. The van der Waals surface area contributed by atoms with Crippen molar-refractivity contribution in [2.24, 2.45) is 11.5 Å². The standard InChI is InChI=1S/C53H64N16O10/c1-32(70)26-35-31-69(63-61-35)43(7-3-5-17-55)49(76)65-20-24-67(25-21-65)53-58-51(56-33-8-12-38(41(27-33)50(77)78)47-39-13-10-36(71)28-44(39)79-45-29-37(72)11-14-40(45)47)57-52(59-53)66-22-18-64(19-23-66)48(75)42(6-2-4-16-54)68-30-34(60-62-68)9-15-46(73)74/h8,10-14,27-32,42-43,70-71H,2-7,9,15-26,54-55H2,1H3,(H,73,74)(H,77,78)(H,56,57,58,59)/t32?,42-,43-/m0/s1. The molecule has 26 heteroatoms. The minimum atomic E-state index is -1.24. The molecule has 9 N–H and O–H groups in total. The molecule has 416 valence electrons. The maximum absolute atomic E-state index is 14.3. The minimum Gasteiger partial charge on any atom is -0.508 e. The number of benzene rings is 3. The van der Waals surface area contributed by atoms with Gasteiger partial charge in [-0.05, 0) is 100 Å². The Balaban J connectivity index is 0.998. The highest BCUT2D eigenvalue weighted by atomic mass is 16.4. The van der Waals surface area contributed by atoms with E-state index in [9.17, 15) is 44.4 Å². The van der Waals surface area contributed by atoms with Gasteiger partial charge in [-0.1, -0.05) is 16.5 Å². The lowest BCUT2D eigenvalue weighted by Gasteiger charge is -2.38. The summed E-state index contributed by atoms with van der Waals surface area (Å²) in [4.78, 5) is 87.6. The zero-order valence-corrected chi connectivity index (χ0v) is 43.7. The lowest BCUT2D eigenvalue weighted by Crippen LogP contribution is -2.52. The van der Waals surface area contributed by atoms with Crippen LogP contribution in [0.5, 0.6) is 5.75 Å². The van der Waals surface area contributed by atoms with Gasteiger partial charge < -0.3 is 61.2 Å². The van der Waals surface area contributed by atoms with E-state index >= 15 is 0 Å². The van der Waals surface area contributed by atoms with Gasteiger partial charge in [-0.25, -0.2) is 14.2 Å². The number of aliphatic hydroxyl groups is 1. The van der Waals surface area contributed by atoms with Gasteiger partial charge >= 0.3 is 11.9 Å². The van der Waals surface area contributed by atoms with Crippen molar-refractivity contribution in [2.45, 2.75) is 82.9 Å². The predicted molar refractivity (Wildman–Crippen MR) is 289 cm³/mol. The van der Waals surface area contributed by atoms with Crippen molar-refractivity contribution in [3.63, 3.8) is 0 Å². The van der Waals surface area contributed by atoms with Gasteiger partial charge in [0.15, 0.2) is 5.43 Å². The van der Waals surface area contributed by atoms with Gasteiger partial charge in [-0.2, -0.15) is 15.0 Å². The number of nitrogens with two attached hydrogens (primary N) is 2. The highest BCUT2D eigenvalue weighted by Crippen LogP contribution is 2.43. The summed E-state index contributed by atoms with van der Waals surface area (Å²) in [6, 6.07) is 12.2. The summed E-state index contributed by atoms with van der Waals surface area (Å²) in [6.45, 7) is 5.17. The van der Waals surface area contributed by atoms with Crippen molar-refractivity contribution in [1.29, 1.82) is 0 Å². The van der Waals surface area contributed by atoms with Crippen molar-refractivity contribution in [3.05, 3.63) is 94.2 Å². The third kappa shape index (κ3) is 13.0. The number of aliphatic carboxylic acids is 1. The molecule has 9 rings (SSSR count). The molecule has 3 atom stereocenters. The summed E-state index contributed by atoms with van der Waals surface area (Å²) in [7, 11) is 0. The van der Waals surface area contributed by atoms with E-state index in [2.05, 4.69) is 25.9 Å². The Kier molecular flexibility index (Phi) is 17.3. The molecule has 6 heterocycles. The van der Waals surface area contributed by atoms with Crippen LogP contribution < -0.4 is 32.0 Å². The van der Waals surface area contributed by atoms with Crippen molar-refractivity contribution >= 4 is 58.3 Å². The van der Waals surface area contributed by atoms with Crippen LogP contribution >= 0.6 is 0 Å². The van der Waals surface area contributed by atoms with Crippen LogP contribution in [-0.4, -0.2) is 170 Å². The number of aromatic nitrogens is 9. The SMILES string of the molecule is CC(O)Cc1cn([C@@H](CCCCN)C(=O)N2CCN(c3nc(Nc4ccc(-c5c6ccc(=O)cc-6oc6cc(O)ccc56)c(C(=O)O)c4)nc(N4CCN(C(=O)[C@H](CCCCN)n5cc(CCC(=O)O)nn5)CC4)n3)CC2)nn1. The number of piperazine rings is 2. The number of hydrogen-bond acceptors (Lipinski definition) is 20. The first-order valence-electron chi connectivity index (χ1n) is 26.5. The van der Waals surface area contributed by atoms with Crippen LogP contribution in [0.3, 0.4) is 0 Å². The molecule has 79 heavy (non-hydrogen) atoms. The molecular formula is C53H64N16O10. The first-order chi connectivity index (χ1) is 38.2. The molecule has 0 spiro atoms. The molecule has 2 fully saturated rings.